The van der Waals surface area contributed by atoms with E-state index < -0.39 is 0 Å². The number of nitrogens with two attached hydrogens (primary N) is 1. The number of unbranched alkanes of at least 4 members (excludes halogenated alkanes) is 1. The summed E-state index contributed by atoms with van der Waals surface area (Å²) in [6.07, 6.45) is 1.93. The van der Waals surface area contributed by atoms with Crippen molar-refractivity contribution in [3.05, 3.63) is 12.2 Å². The maximum absolute atomic E-state index is 8.49. The van der Waals surface area contributed by atoms with Crippen molar-refractivity contribution in [1.29, 1.82) is 0 Å². The van der Waals surface area contributed by atoms with Gasteiger partial charge in [0.2, 0.25) is 0 Å². The predicted octanol–water partition coefficient (Wildman–Crippen LogP) is 0.291. The summed E-state index contributed by atoms with van der Waals surface area (Å²) in [6.45, 7) is 5.09. The van der Waals surface area contributed by atoms with Gasteiger partial charge < -0.3 is 23.1 Å². The Labute approximate surface area is 94.0 Å². The first-order valence-corrected chi connectivity index (χ1v) is 3.60. The molecule has 3 nitrogen and oxygen atoms in total. The first-order valence-electron chi connectivity index (χ1n) is 3.60. The number of aliphatic hydroxyl groups is 1. The Bertz CT molecular complexity index is 73.5. The Morgan fingerprint density at radius 3 is 2.64 bits per heavy atom. The van der Waals surface area contributed by atoms with Gasteiger partial charge in [0.05, 0.1) is 6.61 Å². The predicted molar refractivity (Wildman–Crippen MR) is 42.7 cm³/mol. The summed E-state index contributed by atoms with van der Waals surface area (Å²) in [6, 6.07) is -0.176. The van der Waals surface area contributed by atoms with Crippen LogP contribution in [0.2, 0.25) is 0 Å². The molecule has 0 heterocycles. The maximum atomic E-state index is 8.49. The minimum absolute atomic E-state index is 0. The van der Waals surface area contributed by atoms with Crippen LogP contribution in [0.25, 0.3) is 5.32 Å². The molecule has 0 rings (SSSR count). The monoisotopic (exact) mass is 233 g/mol. The van der Waals surface area contributed by atoms with Gasteiger partial charge in [-0.1, -0.05) is 6.42 Å². The van der Waals surface area contributed by atoms with Crippen molar-refractivity contribution < 1.29 is 37.8 Å². The molecule has 0 aliphatic carbocycles. The molecule has 0 saturated heterocycles. The van der Waals surface area contributed by atoms with Gasteiger partial charge in [-0.15, -0.1) is 6.54 Å². The smallest absolute Gasteiger partial charge is 0.0565 e. The molecule has 4 heteroatoms. The van der Waals surface area contributed by atoms with E-state index in [2.05, 4.69) is 12.2 Å². The molecule has 0 fully saturated rings. The molecule has 0 aromatic rings. The van der Waals surface area contributed by atoms with Crippen LogP contribution in [0.4, 0.5) is 0 Å². The summed E-state index contributed by atoms with van der Waals surface area (Å²) in [5, 5.41) is 12.6. The van der Waals surface area contributed by atoms with Crippen molar-refractivity contribution in [3.63, 3.8) is 0 Å². The van der Waals surface area contributed by atoms with Crippen LogP contribution in [0.5, 0.6) is 0 Å². The average molecular weight is 233 g/mol. The standard InChI is InChI=1S/C7H16N2O.Y/c1-2-3-4-9-5-7(8)6-10;/h7,10H,1-6,8H2;/q-2;. The maximum Gasteiger partial charge on any atom is 0.0565 e. The van der Waals surface area contributed by atoms with E-state index in [0.29, 0.717) is 6.54 Å². The van der Waals surface area contributed by atoms with Gasteiger partial charge in [0.25, 0.3) is 0 Å². The SMILES string of the molecule is [CH2-]CCC[N-]CC(N)CO.[Y]. The molecule has 3 N–H and O–H groups in total. The van der Waals surface area contributed by atoms with E-state index >= 15 is 0 Å². The molecule has 0 spiro atoms. The molecule has 0 amide bonds. The quantitative estimate of drug-likeness (QED) is 0.511. The van der Waals surface area contributed by atoms with Gasteiger partial charge >= 0.3 is 0 Å². The third-order valence-corrected chi connectivity index (χ3v) is 1.16. The van der Waals surface area contributed by atoms with Crippen molar-refractivity contribution in [2.45, 2.75) is 18.9 Å². The fourth-order valence-corrected chi connectivity index (χ4v) is 0.538. The average Bonchev–Trinajstić information content (AvgIpc) is 1.98. The Morgan fingerprint density at radius 2 is 2.18 bits per heavy atom. The van der Waals surface area contributed by atoms with Crippen molar-refractivity contribution in [2.75, 3.05) is 19.7 Å². The Balaban J connectivity index is 0. The minimum atomic E-state index is -0.176. The van der Waals surface area contributed by atoms with Gasteiger partial charge in [0.1, 0.15) is 0 Å². The summed E-state index contributed by atoms with van der Waals surface area (Å²) in [5.41, 5.74) is 5.40. The fourth-order valence-electron chi connectivity index (χ4n) is 0.538. The molecule has 65 valence electrons. The van der Waals surface area contributed by atoms with Crippen molar-refractivity contribution in [3.8, 4) is 0 Å². The van der Waals surface area contributed by atoms with Crippen LogP contribution in [0, 0.1) is 6.92 Å². The number of hydrogen-bond donors (Lipinski definition) is 2. The zero-order chi connectivity index (χ0) is 7.82. The summed E-state index contributed by atoms with van der Waals surface area (Å²) in [4.78, 5) is 0. The molecule has 0 aliphatic rings. The van der Waals surface area contributed by atoms with E-state index in [1.165, 1.54) is 0 Å². The molecule has 0 aromatic heterocycles. The van der Waals surface area contributed by atoms with Crippen LogP contribution < -0.4 is 5.73 Å². The topological polar surface area (TPSA) is 60.4 Å². The van der Waals surface area contributed by atoms with Crippen LogP contribution in [-0.2, 0) is 32.7 Å². The molecule has 1 atom stereocenters. The van der Waals surface area contributed by atoms with Gasteiger partial charge in [0, 0.05) is 38.8 Å². The molecular weight excluding hydrogens is 217 g/mol. The van der Waals surface area contributed by atoms with Crippen molar-refractivity contribution in [1.82, 2.24) is 0 Å². The minimum Gasteiger partial charge on any atom is -0.661 e. The summed E-state index contributed by atoms with van der Waals surface area (Å²) in [7, 11) is 0. The fraction of sp³-hybridized carbons (Fsp3) is 0.857. The Hall–Kier alpha value is 0.984. The Kier molecular flexibility index (Phi) is 14.5. The largest absolute Gasteiger partial charge is 0.661 e. The summed E-state index contributed by atoms with van der Waals surface area (Å²) < 4.78 is 0. The number of rotatable bonds is 6. The molecule has 1 radical (unpaired) electrons. The molecule has 0 aliphatic heterocycles. The van der Waals surface area contributed by atoms with E-state index in [1.807, 2.05) is 0 Å². The number of hydrogen-bond acceptors (Lipinski definition) is 2. The third-order valence-electron chi connectivity index (χ3n) is 1.16. The van der Waals surface area contributed by atoms with Crippen LogP contribution >= 0.6 is 0 Å². The van der Waals surface area contributed by atoms with Gasteiger partial charge in [-0.2, -0.15) is 13.0 Å². The van der Waals surface area contributed by atoms with E-state index in [9.17, 15) is 0 Å². The van der Waals surface area contributed by atoms with Gasteiger partial charge in [-0.25, -0.2) is 0 Å². The molecule has 11 heavy (non-hydrogen) atoms. The molecule has 1 unspecified atom stereocenters. The van der Waals surface area contributed by atoms with E-state index in [-0.39, 0.29) is 45.4 Å². The number of aliphatic hydroxyl groups excluding tert-OH is 1. The molecule has 0 aromatic carbocycles. The second-order valence-corrected chi connectivity index (χ2v) is 2.28. The number of nitrogens with zero attached hydrogens (tertiary/aromatic N) is 1. The second kappa shape index (κ2) is 11.0. The second-order valence-electron chi connectivity index (χ2n) is 2.28. The normalized spacial score (nSPS) is 12.3. The molecular formula is C7H16N2OY-2. The Morgan fingerprint density at radius 1 is 1.55 bits per heavy atom. The van der Waals surface area contributed by atoms with Gasteiger partial charge in [0.15, 0.2) is 0 Å². The van der Waals surface area contributed by atoms with Crippen LogP contribution in [-0.4, -0.2) is 30.8 Å². The van der Waals surface area contributed by atoms with Gasteiger partial charge in [-0.3, -0.25) is 0 Å². The van der Waals surface area contributed by atoms with Gasteiger partial charge in [-0.05, 0) is 0 Å². The van der Waals surface area contributed by atoms with E-state index in [1.54, 1.807) is 0 Å². The third kappa shape index (κ3) is 11.0. The summed E-state index contributed by atoms with van der Waals surface area (Å²) >= 11 is 0. The zero-order valence-electron chi connectivity index (χ0n) is 6.87. The van der Waals surface area contributed by atoms with Crippen LogP contribution in [0.3, 0.4) is 0 Å². The first-order chi connectivity index (χ1) is 4.81. The van der Waals surface area contributed by atoms with E-state index in [4.69, 9.17) is 10.8 Å². The molecule has 0 bridgehead atoms. The van der Waals surface area contributed by atoms with E-state index in [0.717, 1.165) is 19.4 Å². The van der Waals surface area contributed by atoms with Crippen molar-refractivity contribution >= 4 is 0 Å². The van der Waals surface area contributed by atoms with Crippen LogP contribution in [0.15, 0.2) is 0 Å². The summed E-state index contributed by atoms with van der Waals surface area (Å²) in [5.74, 6) is 0. The molecule has 0 saturated carbocycles. The first kappa shape index (κ1) is 14.5. The van der Waals surface area contributed by atoms with Crippen molar-refractivity contribution in [2.24, 2.45) is 5.73 Å². The van der Waals surface area contributed by atoms with Crippen LogP contribution in [0.1, 0.15) is 12.8 Å². The zero-order valence-corrected chi connectivity index (χ0v) is 9.71.